The van der Waals surface area contributed by atoms with E-state index >= 15 is 0 Å². The first-order valence-corrected chi connectivity index (χ1v) is 10.3. The van der Waals surface area contributed by atoms with Gasteiger partial charge in [0.2, 0.25) is 0 Å². The van der Waals surface area contributed by atoms with Gasteiger partial charge in [-0.1, -0.05) is 55.2 Å². The van der Waals surface area contributed by atoms with E-state index in [2.05, 4.69) is 41.7 Å². The molecule has 1 aromatic heterocycles. The van der Waals surface area contributed by atoms with Gasteiger partial charge in [0, 0.05) is 27.5 Å². The summed E-state index contributed by atoms with van der Waals surface area (Å²) in [6.07, 6.45) is 4.69. The highest BCUT2D eigenvalue weighted by atomic mass is 35.5. The van der Waals surface area contributed by atoms with E-state index in [1.165, 1.54) is 5.56 Å². The van der Waals surface area contributed by atoms with Crippen molar-refractivity contribution in [3.63, 3.8) is 0 Å². The second kappa shape index (κ2) is 9.41. The maximum Gasteiger partial charge on any atom is 0.175 e. The van der Waals surface area contributed by atoms with Crippen molar-refractivity contribution in [2.75, 3.05) is 10.6 Å². The molecule has 1 unspecified atom stereocenters. The summed E-state index contributed by atoms with van der Waals surface area (Å²) in [6.45, 7) is 4.90. The van der Waals surface area contributed by atoms with Crippen LogP contribution in [0.5, 0.6) is 0 Å². The lowest BCUT2D eigenvalue weighted by Crippen LogP contribution is -2.18. The minimum Gasteiger partial charge on any atom is -0.332 e. The first kappa shape index (κ1) is 20.6. The highest BCUT2D eigenvalue weighted by molar-refractivity contribution is 7.80. The Morgan fingerprint density at radius 1 is 1.07 bits per heavy atom. The smallest absolute Gasteiger partial charge is 0.175 e. The topological polar surface area (TPSA) is 41.9 Å². The predicted molar refractivity (Wildman–Crippen MR) is 123 cm³/mol. The molecule has 0 bridgehead atoms. The summed E-state index contributed by atoms with van der Waals surface area (Å²) < 4.78 is 1.76. The van der Waals surface area contributed by atoms with Crippen LogP contribution in [0.15, 0.2) is 54.9 Å². The van der Waals surface area contributed by atoms with Crippen LogP contribution in [0, 0.1) is 0 Å². The molecule has 0 spiro atoms. The fourth-order valence-electron chi connectivity index (χ4n) is 2.78. The molecule has 3 rings (SSSR count). The van der Waals surface area contributed by atoms with Crippen LogP contribution >= 0.6 is 35.4 Å². The molecule has 0 amide bonds. The van der Waals surface area contributed by atoms with Crippen molar-refractivity contribution in [1.29, 1.82) is 0 Å². The first-order valence-electron chi connectivity index (χ1n) is 9.09. The summed E-state index contributed by atoms with van der Waals surface area (Å²) in [5.41, 5.74) is 3.89. The fraction of sp³-hybridized carbons (Fsp3) is 0.238. The quantitative estimate of drug-likeness (QED) is 0.432. The van der Waals surface area contributed by atoms with Crippen LogP contribution in [0.4, 0.5) is 11.4 Å². The Balaban J connectivity index is 1.59. The minimum atomic E-state index is 0.484. The molecule has 0 fully saturated rings. The number of nitrogens with zero attached hydrogens (tertiary/aromatic N) is 2. The third-order valence-electron chi connectivity index (χ3n) is 4.62. The lowest BCUT2D eigenvalue weighted by Gasteiger charge is -2.12. The second-order valence-electron chi connectivity index (χ2n) is 6.64. The van der Waals surface area contributed by atoms with Crippen LogP contribution in [-0.2, 0) is 6.54 Å². The Hall–Kier alpha value is -2.08. The van der Waals surface area contributed by atoms with E-state index in [0.29, 0.717) is 27.6 Å². The Bertz CT molecular complexity index is 933. The van der Waals surface area contributed by atoms with E-state index in [0.717, 1.165) is 23.4 Å². The van der Waals surface area contributed by atoms with Gasteiger partial charge in [-0.3, -0.25) is 4.68 Å². The number of benzene rings is 2. The molecule has 28 heavy (non-hydrogen) atoms. The standard InChI is InChI=1S/C21H22Cl2N4S/c1-3-14(2)15-7-9-16(10-8-15)25-21(28)26-17-11-24-27(12-17)13-18-19(22)5-4-6-20(18)23/h4-12,14H,3,13H2,1-2H3,(H2,25,26,28). The maximum absolute atomic E-state index is 6.23. The molecule has 4 nitrogen and oxygen atoms in total. The summed E-state index contributed by atoms with van der Waals surface area (Å²) in [5.74, 6) is 0.552. The average molecular weight is 433 g/mol. The van der Waals surface area contributed by atoms with Crippen molar-refractivity contribution in [2.45, 2.75) is 32.7 Å². The van der Waals surface area contributed by atoms with Crippen molar-refractivity contribution < 1.29 is 0 Å². The van der Waals surface area contributed by atoms with Gasteiger partial charge in [0.05, 0.1) is 18.4 Å². The molecule has 146 valence electrons. The number of halogens is 2. The largest absolute Gasteiger partial charge is 0.332 e. The zero-order chi connectivity index (χ0) is 20.1. The van der Waals surface area contributed by atoms with Crippen molar-refractivity contribution in [3.8, 4) is 0 Å². The zero-order valence-electron chi connectivity index (χ0n) is 15.7. The SMILES string of the molecule is CCC(C)c1ccc(NC(=S)Nc2cnn(Cc3c(Cl)cccc3Cl)c2)cc1. The van der Waals surface area contributed by atoms with Gasteiger partial charge in [0.25, 0.3) is 0 Å². The molecule has 0 aliphatic heterocycles. The van der Waals surface area contributed by atoms with E-state index in [1.807, 2.05) is 36.5 Å². The van der Waals surface area contributed by atoms with Gasteiger partial charge >= 0.3 is 0 Å². The molecular formula is C21H22Cl2N4S. The number of nitrogens with one attached hydrogen (secondary N) is 2. The van der Waals surface area contributed by atoms with Gasteiger partial charge in [-0.25, -0.2) is 0 Å². The summed E-state index contributed by atoms with van der Waals surface area (Å²) in [4.78, 5) is 0. The Kier molecular flexibility index (Phi) is 6.94. The molecule has 1 heterocycles. The number of anilines is 2. The number of aromatic nitrogens is 2. The Morgan fingerprint density at radius 2 is 1.71 bits per heavy atom. The highest BCUT2D eigenvalue weighted by Gasteiger charge is 2.08. The number of hydrogen-bond acceptors (Lipinski definition) is 2. The number of hydrogen-bond donors (Lipinski definition) is 2. The summed E-state index contributed by atoms with van der Waals surface area (Å²) in [5, 5.41) is 12.4. The van der Waals surface area contributed by atoms with Gasteiger partial charge in [-0.05, 0) is 54.4 Å². The predicted octanol–water partition coefficient (Wildman–Crippen LogP) is 6.56. The highest BCUT2D eigenvalue weighted by Crippen LogP contribution is 2.25. The van der Waals surface area contributed by atoms with Crippen molar-refractivity contribution >= 4 is 51.9 Å². The molecule has 2 aromatic carbocycles. The van der Waals surface area contributed by atoms with Crippen molar-refractivity contribution in [1.82, 2.24) is 9.78 Å². The molecule has 7 heteroatoms. The molecular weight excluding hydrogens is 411 g/mol. The van der Waals surface area contributed by atoms with Crippen LogP contribution in [0.2, 0.25) is 10.0 Å². The summed E-state index contributed by atoms with van der Waals surface area (Å²) in [6, 6.07) is 13.8. The molecule has 0 aliphatic rings. The molecule has 0 saturated heterocycles. The summed E-state index contributed by atoms with van der Waals surface area (Å²) in [7, 11) is 0. The van der Waals surface area contributed by atoms with Crippen LogP contribution < -0.4 is 10.6 Å². The van der Waals surface area contributed by atoms with E-state index in [9.17, 15) is 0 Å². The van der Waals surface area contributed by atoms with Crippen LogP contribution in [-0.4, -0.2) is 14.9 Å². The molecule has 0 aliphatic carbocycles. The van der Waals surface area contributed by atoms with E-state index in [-0.39, 0.29) is 0 Å². The zero-order valence-corrected chi connectivity index (χ0v) is 18.1. The van der Waals surface area contributed by atoms with Gasteiger partial charge in [-0.15, -0.1) is 0 Å². The van der Waals surface area contributed by atoms with Gasteiger partial charge in [0.15, 0.2) is 5.11 Å². The minimum absolute atomic E-state index is 0.484. The van der Waals surface area contributed by atoms with Crippen molar-refractivity contribution in [3.05, 3.63) is 76.0 Å². The van der Waals surface area contributed by atoms with Gasteiger partial charge in [-0.2, -0.15) is 5.10 Å². The van der Waals surface area contributed by atoms with Crippen LogP contribution in [0.1, 0.15) is 37.3 Å². The summed E-state index contributed by atoms with van der Waals surface area (Å²) >= 11 is 17.9. The Morgan fingerprint density at radius 3 is 2.36 bits per heavy atom. The molecule has 3 aromatic rings. The normalized spacial score (nSPS) is 11.9. The maximum atomic E-state index is 6.23. The van der Waals surface area contributed by atoms with E-state index in [1.54, 1.807) is 10.9 Å². The van der Waals surface area contributed by atoms with Crippen LogP contribution in [0.3, 0.4) is 0 Å². The third kappa shape index (κ3) is 5.25. The number of rotatable bonds is 6. The average Bonchev–Trinajstić information content (AvgIpc) is 3.11. The molecule has 1 atom stereocenters. The monoisotopic (exact) mass is 432 g/mol. The van der Waals surface area contributed by atoms with Gasteiger partial charge < -0.3 is 10.6 Å². The second-order valence-corrected chi connectivity index (χ2v) is 7.86. The lowest BCUT2D eigenvalue weighted by atomic mass is 9.99. The fourth-order valence-corrected chi connectivity index (χ4v) is 3.54. The third-order valence-corrected chi connectivity index (χ3v) is 5.54. The molecule has 0 radical (unpaired) electrons. The van der Waals surface area contributed by atoms with Crippen LogP contribution in [0.25, 0.3) is 0 Å². The Labute approximate surface area is 180 Å². The molecule has 2 N–H and O–H groups in total. The molecule has 0 saturated carbocycles. The van der Waals surface area contributed by atoms with Crippen molar-refractivity contribution in [2.24, 2.45) is 0 Å². The lowest BCUT2D eigenvalue weighted by molar-refractivity contribution is 0.687. The van der Waals surface area contributed by atoms with Gasteiger partial charge in [0.1, 0.15) is 0 Å². The first-order chi connectivity index (χ1) is 13.5. The van der Waals surface area contributed by atoms with E-state index < -0.39 is 0 Å². The van der Waals surface area contributed by atoms with E-state index in [4.69, 9.17) is 35.4 Å². The number of thiocarbonyl (C=S) groups is 1.